The molecule has 0 bridgehead atoms. The predicted octanol–water partition coefficient (Wildman–Crippen LogP) is 1.28. The molecule has 0 radical (unpaired) electrons. The highest BCUT2D eigenvalue weighted by Gasteiger charge is 2.53. The maximum absolute atomic E-state index is 12.3. The molecule has 1 N–H and O–H groups in total. The molecule has 1 spiro atoms. The maximum atomic E-state index is 12.3. The summed E-state index contributed by atoms with van der Waals surface area (Å²) in [7, 11) is 1.45. The summed E-state index contributed by atoms with van der Waals surface area (Å²) in [6, 6.07) is 0.0495. The van der Waals surface area contributed by atoms with Gasteiger partial charge < -0.3 is 10.1 Å². The van der Waals surface area contributed by atoms with Gasteiger partial charge in [-0.2, -0.15) is 0 Å². The van der Waals surface area contributed by atoms with E-state index in [-0.39, 0.29) is 29.5 Å². The Balaban J connectivity index is 1.72. The fourth-order valence-corrected chi connectivity index (χ4v) is 4.20. The Morgan fingerprint density at radius 1 is 1.35 bits per heavy atom. The molecule has 5 nitrogen and oxygen atoms in total. The number of rotatable bonds is 1. The lowest BCUT2D eigenvalue weighted by molar-refractivity contribution is -0.147. The van der Waals surface area contributed by atoms with Crippen molar-refractivity contribution in [2.24, 2.45) is 11.8 Å². The number of hydrogen-bond donors (Lipinski definition) is 1. The molecule has 2 heterocycles. The molecule has 0 aromatic heterocycles. The number of fused-ring (bicyclic) bond motifs is 2. The summed E-state index contributed by atoms with van der Waals surface area (Å²) in [5.74, 6) is 0.718. The Labute approximate surface area is 120 Å². The van der Waals surface area contributed by atoms with Gasteiger partial charge in [0.15, 0.2) is 0 Å². The van der Waals surface area contributed by atoms with E-state index in [1.807, 2.05) is 0 Å². The number of nitrogens with zero attached hydrogens (tertiary/aromatic N) is 1. The van der Waals surface area contributed by atoms with Crippen molar-refractivity contribution in [2.45, 2.75) is 57.2 Å². The largest absolute Gasteiger partial charge is 0.469 e. The molecule has 0 aromatic rings. The number of carbonyl (C=O) groups excluding carboxylic acids is 2. The third kappa shape index (κ3) is 2.12. The van der Waals surface area contributed by atoms with Crippen LogP contribution in [0.4, 0.5) is 0 Å². The summed E-state index contributed by atoms with van der Waals surface area (Å²) < 4.78 is 4.84. The number of piperidine rings is 1. The lowest BCUT2D eigenvalue weighted by Gasteiger charge is -2.46. The van der Waals surface area contributed by atoms with Gasteiger partial charge in [0, 0.05) is 6.54 Å². The Morgan fingerprint density at radius 2 is 2.05 bits per heavy atom. The van der Waals surface area contributed by atoms with E-state index >= 15 is 0 Å². The Hall–Kier alpha value is -1.10. The number of methoxy groups -OCH3 is 1. The van der Waals surface area contributed by atoms with Crippen molar-refractivity contribution < 1.29 is 14.3 Å². The number of hydrogen-bond acceptors (Lipinski definition) is 4. The summed E-state index contributed by atoms with van der Waals surface area (Å²) in [5.41, 5.74) is -0.188. The van der Waals surface area contributed by atoms with Gasteiger partial charge in [-0.3, -0.25) is 14.5 Å². The van der Waals surface area contributed by atoms with Crippen LogP contribution in [0.25, 0.3) is 0 Å². The molecular formula is C15H24N2O3. The highest BCUT2D eigenvalue weighted by atomic mass is 16.5. The van der Waals surface area contributed by atoms with E-state index in [1.54, 1.807) is 0 Å². The molecule has 3 fully saturated rings. The van der Waals surface area contributed by atoms with Gasteiger partial charge in [-0.05, 0) is 44.4 Å². The fourth-order valence-electron chi connectivity index (χ4n) is 4.20. The second-order valence-corrected chi connectivity index (χ2v) is 6.66. The van der Waals surface area contributed by atoms with Gasteiger partial charge in [-0.25, -0.2) is 0 Å². The van der Waals surface area contributed by atoms with E-state index in [4.69, 9.17) is 4.74 Å². The van der Waals surface area contributed by atoms with E-state index in [2.05, 4.69) is 17.1 Å². The molecule has 1 saturated carbocycles. The van der Waals surface area contributed by atoms with Gasteiger partial charge in [-0.15, -0.1) is 0 Å². The van der Waals surface area contributed by atoms with Crippen LogP contribution >= 0.6 is 0 Å². The summed E-state index contributed by atoms with van der Waals surface area (Å²) in [6.07, 6.45) is 5.48. The smallest absolute Gasteiger partial charge is 0.308 e. The Morgan fingerprint density at radius 3 is 2.70 bits per heavy atom. The molecule has 1 aliphatic carbocycles. The second-order valence-electron chi connectivity index (χ2n) is 6.66. The first kappa shape index (κ1) is 13.9. The monoisotopic (exact) mass is 280 g/mol. The van der Waals surface area contributed by atoms with Gasteiger partial charge in [0.1, 0.15) is 0 Å². The third-order valence-electron chi connectivity index (χ3n) is 5.42. The standard InChI is InChI=1S/C15H24N2O3/c1-10-5-8-17-12(9-10)13(18)16-15(17)6-3-11(4-7-15)14(19)20-2/h10-12H,3-9H2,1-2H3,(H,16,18)/t10-,11?,12-,15?/m0/s1. The number of amides is 1. The minimum absolute atomic E-state index is 0.00490. The fraction of sp³-hybridized carbons (Fsp3) is 0.867. The van der Waals surface area contributed by atoms with E-state index < -0.39 is 0 Å². The van der Waals surface area contributed by atoms with Crippen molar-refractivity contribution >= 4 is 11.9 Å². The molecule has 112 valence electrons. The van der Waals surface area contributed by atoms with E-state index in [9.17, 15) is 9.59 Å². The summed E-state index contributed by atoms with van der Waals surface area (Å²) in [4.78, 5) is 26.3. The number of nitrogens with one attached hydrogen (secondary N) is 1. The van der Waals surface area contributed by atoms with Gasteiger partial charge in [-0.1, -0.05) is 6.92 Å². The van der Waals surface area contributed by atoms with Crippen molar-refractivity contribution in [1.29, 1.82) is 0 Å². The SMILES string of the molecule is COC(=O)C1CCC2(CC1)NC(=O)[C@@H]1C[C@@H](C)CCN12. The first-order chi connectivity index (χ1) is 9.55. The molecule has 0 unspecified atom stereocenters. The Bertz CT molecular complexity index is 415. The van der Waals surface area contributed by atoms with Crippen LogP contribution < -0.4 is 5.32 Å². The first-order valence-electron chi connectivity index (χ1n) is 7.72. The van der Waals surface area contributed by atoms with Gasteiger partial charge in [0.25, 0.3) is 0 Å². The van der Waals surface area contributed by atoms with Crippen LogP contribution in [0.3, 0.4) is 0 Å². The van der Waals surface area contributed by atoms with Crippen molar-refractivity contribution in [3.05, 3.63) is 0 Å². The quantitative estimate of drug-likeness (QED) is 0.735. The molecular weight excluding hydrogens is 256 g/mol. The lowest BCUT2D eigenvalue weighted by Crippen LogP contribution is -2.57. The summed E-state index contributed by atoms with van der Waals surface area (Å²) >= 11 is 0. The minimum atomic E-state index is -0.188. The normalized spacial score (nSPS) is 41.3. The first-order valence-corrected chi connectivity index (χ1v) is 7.72. The van der Waals surface area contributed by atoms with Crippen molar-refractivity contribution in [3.63, 3.8) is 0 Å². The maximum Gasteiger partial charge on any atom is 0.308 e. The minimum Gasteiger partial charge on any atom is -0.469 e. The molecule has 5 heteroatoms. The summed E-state index contributed by atoms with van der Waals surface area (Å²) in [5, 5.41) is 3.24. The predicted molar refractivity (Wildman–Crippen MR) is 73.7 cm³/mol. The van der Waals surface area contributed by atoms with Crippen molar-refractivity contribution in [1.82, 2.24) is 10.2 Å². The van der Waals surface area contributed by atoms with Crippen LogP contribution in [-0.4, -0.2) is 42.1 Å². The zero-order valence-corrected chi connectivity index (χ0v) is 12.4. The van der Waals surface area contributed by atoms with Crippen LogP contribution in [0, 0.1) is 11.8 Å². The molecule has 2 saturated heterocycles. The van der Waals surface area contributed by atoms with E-state index in [0.717, 1.165) is 45.1 Å². The van der Waals surface area contributed by atoms with Crippen LogP contribution in [0.15, 0.2) is 0 Å². The number of ether oxygens (including phenoxy) is 1. The Kier molecular flexibility index (Phi) is 3.48. The van der Waals surface area contributed by atoms with Crippen molar-refractivity contribution in [2.75, 3.05) is 13.7 Å². The molecule has 3 rings (SSSR count). The van der Waals surface area contributed by atoms with Crippen LogP contribution in [0.1, 0.15) is 45.4 Å². The third-order valence-corrected chi connectivity index (χ3v) is 5.42. The molecule has 1 amide bonds. The molecule has 0 aromatic carbocycles. The topological polar surface area (TPSA) is 58.6 Å². The van der Waals surface area contributed by atoms with Crippen LogP contribution in [0.5, 0.6) is 0 Å². The van der Waals surface area contributed by atoms with Crippen LogP contribution in [0.2, 0.25) is 0 Å². The van der Waals surface area contributed by atoms with Crippen LogP contribution in [-0.2, 0) is 14.3 Å². The van der Waals surface area contributed by atoms with Gasteiger partial charge >= 0.3 is 5.97 Å². The average Bonchev–Trinajstić information content (AvgIpc) is 2.71. The number of esters is 1. The van der Waals surface area contributed by atoms with E-state index in [0.29, 0.717) is 5.92 Å². The van der Waals surface area contributed by atoms with Crippen molar-refractivity contribution in [3.8, 4) is 0 Å². The lowest BCUT2D eigenvalue weighted by atomic mass is 9.80. The highest BCUT2D eigenvalue weighted by Crippen LogP contribution is 2.42. The molecule has 3 aliphatic rings. The van der Waals surface area contributed by atoms with Gasteiger partial charge in [0.05, 0.1) is 24.7 Å². The van der Waals surface area contributed by atoms with E-state index in [1.165, 1.54) is 7.11 Å². The molecule has 2 aliphatic heterocycles. The number of carbonyl (C=O) groups is 2. The molecule has 2 atom stereocenters. The summed E-state index contributed by atoms with van der Waals surface area (Å²) in [6.45, 7) is 3.22. The zero-order valence-electron chi connectivity index (χ0n) is 12.4. The molecule has 20 heavy (non-hydrogen) atoms. The average molecular weight is 280 g/mol. The zero-order chi connectivity index (χ0) is 14.3. The highest BCUT2D eigenvalue weighted by molar-refractivity contribution is 5.85. The second kappa shape index (κ2) is 5.02. The van der Waals surface area contributed by atoms with Gasteiger partial charge in [0.2, 0.25) is 5.91 Å².